The van der Waals surface area contributed by atoms with Gasteiger partial charge in [0.05, 0.1) is 13.2 Å². The van der Waals surface area contributed by atoms with E-state index in [1.165, 1.54) is 37.9 Å². The summed E-state index contributed by atoms with van der Waals surface area (Å²) in [6, 6.07) is 8.60. The van der Waals surface area contributed by atoms with E-state index in [1.54, 1.807) is 0 Å². The minimum absolute atomic E-state index is 0.245. The third-order valence-electron chi connectivity index (χ3n) is 4.07. The Morgan fingerprint density at radius 1 is 1.21 bits per heavy atom. The molecule has 2 fully saturated rings. The van der Waals surface area contributed by atoms with E-state index in [0.29, 0.717) is 0 Å². The second-order valence-corrected chi connectivity index (χ2v) is 5.65. The highest BCUT2D eigenvalue weighted by Gasteiger charge is 2.18. The van der Waals surface area contributed by atoms with Crippen LogP contribution in [0.15, 0.2) is 24.3 Å². The van der Waals surface area contributed by atoms with E-state index in [2.05, 4.69) is 29.6 Å². The molecule has 0 radical (unpaired) electrons. The standard InChI is InChI=1S/C16H23NO2/c1-2-14(10-13-4-7-17-8-5-13)11-15(3-1)19-16-6-9-18-12-16/h1-3,11,13,16-17H,4-10,12H2. The third kappa shape index (κ3) is 3.71. The van der Waals surface area contributed by atoms with Crippen LogP contribution in [-0.2, 0) is 11.2 Å². The average molecular weight is 261 g/mol. The first-order chi connectivity index (χ1) is 9.40. The van der Waals surface area contributed by atoms with Gasteiger partial charge < -0.3 is 14.8 Å². The van der Waals surface area contributed by atoms with Crippen molar-refractivity contribution in [1.29, 1.82) is 0 Å². The summed E-state index contributed by atoms with van der Waals surface area (Å²) >= 11 is 0. The first-order valence-electron chi connectivity index (χ1n) is 7.44. The highest BCUT2D eigenvalue weighted by atomic mass is 16.5. The van der Waals surface area contributed by atoms with E-state index in [0.717, 1.165) is 31.3 Å². The highest BCUT2D eigenvalue weighted by Crippen LogP contribution is 2.22. The number of nitrogens with one attached hydrogen (secondary N) is 1. The van der Waals surface area contributed by atoms with E-state index in [1.807, 2.05) is 0 Å². The van der Waals surface area contributed by atoms with E-state index < -0.39 is 0 Å². The Morgan fingerprint density at radius 3 is 2.89 bits per heavy atom. The third-order valence-corrected chi connectivity index (χ3v) is 4.07. The Hall–Kier alpha value is -1.06. The Balaban J connectivity index is 1.58. The number of piperidine rings is 1. The zero-order valence-electron chi connectivity index (χ0n) is 11.4. The number of benzene rings is 1. The van der Waals surface area contributed by atoms with Gasteiger partial charge in [0.2, 0.25) is 0 Å². The molecule has 0 aromatic heterocycles. The molecule has 2 heterocycles. The maximum atomic E-state index is 5.97. The van der Waals surface area contributed by atoms with Crippen LogP contribution in [0.4, 0.5) is 0 Å². The van der Waals surface area contributed by atoms with Crippen molar-refractivity contribution in [2.24, 2.45) is 5.92 Å². The summed E-state index contributed by atoms with van der Waals surface area (Å²) in [5.74, 6) is 1.83. The Kier molecular flexibility index (Phi) is 4.36. The molecule has 1 aromatic carbocycles. The Bertz CT molecular complexity index is 395. The predicted octanol–water partition coefficient (Wildman–Crippen LogP) is 2.40. The second-order valence-electron chi connectivity index (χ2n) is 5.65. The molecule has 2 aliphatic heterocycles. The summed E-state index contributed by atoms with van der Waals surface area (Å²) in [4.78, 5) is 0. The summed E-state index contributed by atoms with van der Waals surface area (Å²) in [6.45, 7) is 3.90. The number of hydrogen-bond donors (Lipinski definition) is 1. The molecule has 1 N–H and O–H groups in total. The molecule has 0 saturated carbocycles. The SMILES string of the molecule is c1cc(CC2CCNCC2)cc(OC2CCOC2)c1. The molecule has 3 heteroatoms. The molecule has 1 aromatic rings. The molecule has 3 nitrogen and oxygen atoms in total. The molecular formula is C16H23NO2. The van der Waals surface area contributed by atoms with Crippen LogP contribution < -0.4 is 10.1 Å². The molecule has 1 unspecified atom stereocenters. The molecule has 19 heavy (non-hydrogen) atoms. The highest BCUT2D eigenvalue weighted by molar-refractivity contribution is 5.29. The lowest BCUT2D eigenvalue weighted by molar-refractivity contribution is 0.141. The summed E-state index contributed by atoms with van der Waals surface area (Å²) in [5, 5.41) is 3.42. The van der Waals surface area contributed by atoms with Gasteiger partial charge in [0.15, 0.2) is 0 Å². The smallest absolute Gasteiger partial charge is 0.124 e. The number of ether oxygens (including phenoxy) is 2. The van der Waals surface area contributed by atoms with Crippen molar-refractivity contribution in [3.63, 3.8) is 0 Å². The fourth-order valence-corrected chi connectivity index (χ4v) is 2.96. The van der Waals surface area contributed by atoms with Crippen LogP contribution in [0, 0.1) is 5.92 Å². The van der Waals surface area contributed by atoms with Crippen molar-refractivity contribution in [1.82, 2.24) is 5.32 Å². The predicted molar refractivity (Wildman–Crippen MR) is 75.6 cm³/mol. The van der Waals surface area contributed by atoms with Crippen LogP contribution in [0.2, 0.25) is 0 Å². The van der Waals surface area contributed by atoms with Gasteiger partial charge in [0, 0.05) is 6.42 Å². The minimum atomic E-state index is 0.245. The first-order valence-corrected chi connectivity index (χ1v) is 7.44. The van der Waals surface area contributed by atoms with Crippen molar-refractivity contribution in [3.05, 3.63) is 29.8 Å². The van der Waals surface area contributed by atoms with Crippen molar-refractivity contribution < 1.29 is 9.47 Å². The number of hydrogen-bond acceptors (Lipinski definition) is 3. The minimum Gasteiger partial charge on any atom is -0.488 e. The Labute approximate surface area is 115 Å². The maximum Gasteiger partial charge on any atom is 0.124 e. The van der Waals surface area contributed by atoms with Gasteiger partial charge in [-0.1, -0.05) is 12.1 Å². The summed E-state index contributed by atoms with van der Waals surface area (Å²) in [7, 11) is 0. The zero-order chi connectivity index (χ0) is 12.9. The summed E-state index contributed by atoms with van der Waals surface area (Å²) < 4.78 is 11.3. The van der Waals surface area contributed by atoms with Gasteiger partial charge in [-0.2, -0.15) is 0 Å². The van der Waals surface area contributed by atoms with Crippen LogP contribution in [-0.4, -0.2) is 32.4 Å². The van der Waals surface area contributed by atoms with Gasteiger partial charge in [-0.25, -0.2) is 0 Å². The second kappa shape index (κ2) is 6.40. The normalized spacial score (nSPS) is 24.5. The molecule has 2 saturated heterocycles. The molecule has 0 aliphatic carbocycles. The average Bonchev–Trinajstić information content (AvgIpc) is 2.93. The maximum absolute atomic E-state index is 5.97. The van der Waals surface area contributed by atoms with Crippen molar-refractivity contribution in [2.45, 2.75) is 31.8 Å². The molecule has 2 aliphatic rings. The topological polar surface area (TPSA) is 30.5 Å². The van der Waals surface area contributed by atoms with Crippen molar-refractivity contribution >= 4 is 0 Å². The van der Waals surface area contributed by atoms with Crippen molar-refractivity contribution in [2.75, 3.05) is 26.3 Å². The fraction of sp³-hybridized carbons (Fsp3) is 0.625. The zero-order valence-corrected chi connectivity index (χ0v) is 11.4. The van der Waals surface area contributed by atoms with Crippen molar-refractivity contribution in [3.8, 4) is 5.75 Å². The molecule has 0 bridgehead atoms. The van der Waals surface area contributed by atoms with E-state index >= 15 is 0 Å². The van der Waals surface area contributed by atoms with E-state index in [9.17, 15) is 0 Å². The van der Waals surface area contributed by atoms with Gasteiger partial charge in [0.1, 0.15) is 11.9 Å². The lowest BCUT2D eigenvalue weighted by Gasteiger charge is -2.22. The Morgan fingerprint density at radius 2 is 2.11 bits per heavy atom. The van der Waals surface area contributed by atoms with Gasteiger partial charge in [-0.15, -0.1) is 0 Å². The van der Waals surface area contributed by atoms with Crippen LogP contribution in [0.3, 0.4) is 0 Å². The fourth-order valence-electron chi connectivity index (χ4n) is 2.96. The van der Waals surface area contributed by atoms with Crippen LogP contribution in [0.25, 0.3) is 0 Å². The van der Waals surface area contributed by atoms with Gasteiger partial charge in [-0.3, -0.25) is 0 Å². The molecule has 104 valence electrons. The van der Waals surface area contributed by atoms with Gasteiger partial charge >= 0.3 is 0 Å². The molecule has 0 spiro atoms. The van der Waals surface area contributed by atoms with Gasteiger partial charge in [-0.05, 0) is 56.0 Å². The largest absolute Gasteiger partial charge is 0.488 e. The summed E-state index contributed by atoms with van der Waals surface area (Å²) in [6.07, 6.45) is 5.02. The summed E-state index contributed by atoms with van der Waals surface area (Å²) in [5.41, 5.74) is 1.41. The molecule has 0 amide bonds. The van der Waals surface area contributed by atoms with Crippen LogP contribution >= 0.6 is 0 Å². The first kappa shape index (κ1) is 12.9. The van der Waals surface area contributed by atoms with E-state index in [-0.39, 0.29) is 6.10 Å². The van der Waals surface area contributed by atoms with Crippen LogP contribution in [0.1, 0.15) is 24.8 Å². The van der Waals surface area contributed by atoms with Crippen LogP contribution in [0.5, 0.6) is 5.75 Å². The molecular weight excluding hydrogens is 238 g/mol. The lowest BCUT2D eigenvalue weighted by atomic mass is 9.91. The van der Waals surface area contributed by atoms with Gasteiger partial charge in [0.25, 0.3) is 0 Å². The molecule has 3 rings (SSSR count). The number of rotatable bonds is 4. The molecule has 1 atom stereocenters. The van der Waals surface area contributed by atoms with E-state index in [4.69, 9.17) is 9.47 Å². The quantitative estimate of drug-likeness (QED) is 0.903. The lowest BCUT2D eigenvalue weighted by Crippen LogP contribution is -2.28. The monoisotopic (exact) mass is 261 g/mol.